The molecule has 0 aliphatic carbocycles. The molecule has 2 aromatic rings. The number of pyridine rings is 1. The van der Waals surface area contributed by atoms with Gasteiger partial charge in [-0.15, -0.1) is 0 Å². The highest BCUT2D eigenvalue weighted by atomic mass is 16.5. The van der Waals surface area contributed by atoms with Crippen LogP contribution in [0.5, 0.6) is 0 Å². The SMILES string of the molecule is N#CN1CC2OCCN(c3cccc(-c4ccccc4)n3)C2C1. The summed E-state index contributed by atoms with van der Waals surface area (Å²) in [5.41, 5.74) is 2.09. The number of anilines is 1. The number of morpholine rings is 1. The lowest BCUT2D eigenvalue weighted by atomic mass is 10.1. The van der Waals surface area contributed by atoms with Gasteiger partial charge < -0.3 is 14.5 Å². The molecule has 0 spiro atoms. The molecule has 5 heteroatoms. The van der Waals surface area contributed by atoms with E-state index in [4.69, 9.17) is 15.0 Å². The molecule has 2 saturated heterocycles. The predicted molar refractivity (Wildman–Crippen MR) is 87.7 cm³/mol. The van der Waals surface area contributed by atoms with Crippen LogP contribution >= 0.6 is 0 Å². The fourth-order valence-electron chi connectivity index (χ4n) is 3.41. The van der Waals surface area contributed by atoms with E-state index in [1.54, 1.807) is 4.90 Å². The highest BCUT2D eigenvalue weighted by molar-refractivity contribution is 5.61. The summed E-state index contributed by atoms with van der Waals surface area (Å²) >= 11 is 0. The molecule has 5 nitrogen and oxygen atoms in total. The van der Waals surface area contributed by atoms with Crippen LogP contribution in [0.1, 0.15) is 0 Å². The molecule has 0 amide bonds. The van der Waals surface area contributed by atoms with Gasteiger partial charge in [0, 0.05) is 12.1 Å². The van der Waals surface area contributed by atoms with Crippen LogP contribution in [0.4, 0.5) is 5.82 Å². The standard InChI is InChI=1S/C18H18N4O/c19-13-21-11-16-17(12-21)23-10-9-22(16)18-8-4-7-15(20-18)14-5-2-1-3-6-14/h1-8,16-17H,9-12H2. The molecule has 1 aromatic carbocycles. The van der Waals surface area contributed by atoms with Crippen LogP contribution in [0.15, 0.2) is 48.5 Å². The van der Waals surface area contributed by atoms with Crippen molar-refractivity contribution in [3.05, 3.63) is 48.5 Å². The van der Waals surface area contributed by atoms with Crippen molar-refractivity contribution in [2.45, 2.75) is 12.1 Å². The summed E-state index contributed by atoms with van der Waals surface area (Å²) in [5, 5.41) is 9.15. The van der Waals surface area contributed by atoms with Gasteiger partial charge in [0.2, 0.25) is 0 Å². The summed E-state index contributed by atoms with van der Waals surface area (Å²) in [6.07, 6.45) is 2.32. The van der Waals surface area contributed by atoms with Gasteiger partial charge in [-0.2, -0.15) is 5.26 Å². The monoisotopic (exact) mass is 306 g/mol. The minimum absolute atomic E-state index is 0.0885. The number of nitrogens with zero attached hydrogens (tertiary/aromatic N) is 4. The molecule has 3 heterocycles. The molecule has 2 aliphatic heterocycles. The van der Waals surface area contributed by atoms with Crippen molar-refractivity contribution in [3.8, 4) is 17.5 Å². The van der Waals surface area contributed by atoms with Gasteiger partial charge in [0.1, 0.15) is 5.82 Å². The molecule has 2 fully saturated rings. The maximum atomic E-state index is 9.15. The van der Waals surface area contributed by atoms with E-state index in [-0.39, 0.29) is 12.1 Å². The highest BCUT2D eigenvalue weighted by Gasteiger charge is 2.40. The fraction of sp³-hybridized carbons (Fsp3) is 0.333. The summed E-state index contributed by atoms with van der Waals surface area (Å²) in [6.45, 7) is 2.87. The van der Waals surface area contributed by atoms with E-state index < -0.39 is 0 Å². The Kier molecular flexibility index (Phi) is 3.60. The molecule has 2 aliphatic rings. The Bertz CT molecular complexity index is 727. The van der Waals surface area contributed by atoms with Gasteiger partial charge in [0.25, 0.3) is 0 Å². The fourth-order valence-corrected chi connectivity index (χ4v) is 3.41. The van der Waals surface area contributed by atoms with Gasteiger partial charge in [-0.1, -0.05) is 36.4 Å². The van der Waals surface area contributed by atoms with Crippen LogP contribution in [-0.2, 0) is 4.74 Å². The first kappa shape index (κ1) is 14.0. The van der Waals surface area contributed by atoms with Crippen LogP contribution in [0.3, 0.4) is 0 Å². The topological polar surface area (TPSA) is 52.4 Å². The van der Waals surface area contributed by atoms with Crippen molar-refractivity contribution in [1.29, 1.82) is 5.26 Å². The van der Waals surface area contributed by atoms with E-state index in [9.17, 15) is 0 Å². The number of ether oxygens (including phenoxy) is 1. The minimum atomic E-state index is 0.0885. The number of aromatic nitrogens is 1. The Hall–Kier alpha value is -2.58. The second kappa shape index (κ2) is 5.90. The molecule has 0 N–H and O–H groups in total. The second-order valence-electron chi connectivity index (χ2n) is 5.92. The second-order valence-corrected chi connectivity index (χ2v) is 5.92. The molecule has 116 valence electrons. The Morgan fingerprint density at radius 3 is 2.78 bits per heavy atom. The molecular formula is C18H18N4O. The smallest absolute Gasteiger partial charge is 0.179 e. The minimum Gasteiger partial charge on any atom is -0.372 e. The molecule has 0 bridgehead atoms. The first-order valence-electron chi connectivity index (χ1n) is 7.90. The number of fused-ring (bicyclic) bond motifs is 1. The average molecular weight is 306 g/mol. The number of likely N-dealkylation sites (tertiary alicyclic amines) is 1. The lowest BCUT2D eigenvalue weighted by Gasteiger charge is -2.37. The largest absolute Gasteiger partial charge is 0.372 e. The van der Waals surface area contributed by atoms with Crippen molar-refractivity contribution in [2.75, 3.05) is 31.1 Å². The van der Waals surface area contributed by atoms with Crippen LogP contribution in [0, 0.1) is 11.5 Å². The van der Waals surface area contributed by atoms with E-state index in [1.165, 1.54) is 0 Å². The molecular weight excluding hydrogens is 288 g/mol. The summed E-state index contributed by atoms with van der Waals surface area (Å²) in [7, 11) is 0. The number of nitriles is 1. The molecule has 1 aromatic heterocycles. The van der Waals surface area contributed by atoms with E-state index >= 15 is 0 Å². The van der Waals surface area contributed by atoms with E-state index in [2.05, 4.69) is 23.2 Å². The Morgan fingerprint density at radius 2 is 1.96 bits per heavy atom. The van der Waals surface area contributed by atoms with Gasteiger partial charge in [-0.25, -0.2) is 4.98 Å². The normalized spacial score (nSPS) is 23.4. The van der Waals surface area contributed by atoms with Crippen LogP contribution in [-0.4, -0.2) is 48.3 Å². The van der Waals surface area contributed by atoms with Crippen molar-refractivity contribution in [2.24, 2.45) is 0 Å². The first-order chi connectivity index (χ1) is 11.3. The van der Waals surface area contributed by atoms with Crippen LogP contribution < -0.4 is 4.90 Å². The number of hydrogen-bond acceptors (Lipinski definition) is 5. The van der Waals surface area contributed by atoms with Gasteiger partial charge >= 0.3 is 0 Å². The Balaban J connectivity index is 1.64. The number of rotatable bonds is 2. The molecule has 4 rings (SSSR count). The summed E-state index contributed by atoms with van der Waals surface area (Å²) in [6, 6.07) is 16.5. The number of benzene rings is 1. The van der Waals surface area contributed by atoms with Crippen molar-refractivity contribution < 1.29 is 4.74 Å². The highest BCUT2D eigenvalue weighted by Crippen LogP contribution is 2.28. The molecule has 23 heavy (non-hydrogen) atoms. The number of hydrogen-bond donors (Lipinski definition) is 0. The summed E-state index contributed by atoms with van der Waals surface area (Å²) in [5.74, 6) is 0.962. The van der Waals surface area contributed by atoms with E-state index in [1.807, 2.05) is 36.4 Å². The van der Waals surface area contributed by atoms with Gasteiger partial charge in [0.05, 0.1) is 37.5 Å². The zero-order valence-corrected chi connectivity index (χ0v) is 12.8. The molecule has 0 saturated carbocycles. The Morgan fingerprint density at radius 1 is 1.09 bits per heavy atom. The van der Waals surface area contributed by atoms with Crippen molar-refractivity contribution >= 4 is 5.82 Å². The quantitative estimate of drug-likeness (QED) is 0.796. The molecule has 2 atom stereocenters. The third-order valence-electron chi connectivity index (χ3n) is 4.54. The third-order valence-corrected chi connectivity index (χ3v) is 4.54. The first-order valence-corrected chi connectivity index (χ1v) is 7.90. The lowest BCUT2D eigenvalue weighted by Crippen LogP contribution is -2.51. The van der Waals surface area contributed by atoms with Gasteiger partial charge in [-0.05, 0) is 12.1 Å². The predicted octanol–water partition coefficient (Wildman–Crippen LogP) is 2.12. The summed E-state index contributed by atoms with van der Waals surface area (Å²) < 4.78 is 5.84. The summed E-state index contributed by atoms with van der Waals surface area (Å²) in [4.78, 5) is 8.91. The molecule has 0 radical (unpaired) electrons. The van der Waals surface area contributed by atoms with Gasteiger partial charge in [0.15, 0.2) is 6.19 Å². The van der Waals surface area contributed by atoms with Gasteiger partial charge in [-0.3, -0.25) is 0 Å². The zero-order chi connectivity index (χ0) is 15.6. The van der Waals surface area contributed by atoms with Crippen LogP contribution in [0.25, 0.3) is 11.3 Å². The maximum absolute atomic E-state index is 9.15. The third kappa shape index (κ3) is 2.62. The molecule has 2 unspecified atom stereocenters. The maximum Gasteiger partial charge on any atom is 0.179 e. The zero-order valence-electron chi connectivity index (χ0n) is 12.8. The van der Waals surface area contributed by atoms with Crippen molar-refractivity contribution in [1.82, 2.24) is 9.88 Å². The lowest BCUT2D eigenvalue weighted by molar-refractivity contribution is 0.0323. The van der Waals surface area contributed by atoms with E-state index in [0.29, 0.717) is 19.7 Å². The van der Waals surface area contributed by atoms with E-state index in [0.717, 1.165) is 23.6 Å². The van der Waals surface area contributed by atoms with Crippen molar-refractivity contribution in [3.63, 3.8) is 0 Å². The van der Waals surface area contributed by atoms with Crippen LogP contribution in [0.2, 0.25) is 0 Å². The average Bonchev–Trinajstić information content (AvgIpc) is 3.06. The Labute approximate surface area is 135 Å².